The third-order valence-corrected chi connectivity index (χ3v) is 32.2. The van der Waals surface area contributed by atoms with Crippen molar-refractivity contribution >= 4 is 26.5 Å². The molecule has 0 atom stereocenters. The molecule has 0 aliphatic carbocycles. The van der Waals surface area contributed by atoms with E-state index in [4.69, 9.17) is 0 Å². The van der Waals surface area contributed by atoms with Gasteiger partial charge in [-0.25, -0.2) is 0 Å². The Morgan fingerprint density at radius 3 is 1.83 bits per heavy atom. The maximum absolute atomic E-state index is 2.51. The molecule has 1 rings (SSSR count). The Balaban J connectivity index is 2.55. The molecule has 0 spiro atoms. The van der Waals surface area contributed by atoms with Gasteiger partial charge in [0.05, 0.1) is 0 Å². The van der Waals surface area contributed by atoms with Gasteiger partial charge in [0, 0.05) is 0 Å². The second-order valence-corrected chi connectivity index (χ2v) is 29.2. The van der Waals surface area contributed by atoms with Gasteiger partial charge >= 0.3 is 122 Å². The van der Waals surface area contributed by atoms with E-state index in [0.29, 0.717) is 0 Å². The minimum atomic E-state index is -1.36. The van der Waals surface area contributed by atoms with E-state index in [2.05, 4.69) is 27.7 Å². The summed E-state index contributed by atoms with van der Waals surface area (Å²) >= 11 is -2.67. The molecular weight excluding hydrogens is 337 g/mol. The van der Waals surface area contributed by atoms with Crippen molar-refractivity contribution < 1.29 is 0 Å². The molecule has 2 heteroatoms. The monoisotopic (exact) mass is 376 g/mol. The molecule has 0 radical (unpaired) electrons. The van der Waals surface area contributed by atoms with Crippen LogP contribution in [0.5, 0.6) is 0 Å². The zero-order valence-corrected chi connectivity index (χ0v) is 17.7. The molecule has 18 heavy (non-hydrogen) atoms. The van der Waals surface area contributed by atoms with Crippen LogP contribution in [0.25, 0.3) is 0 Å². The summed E-state index contributed by atoms with van der Waals surface area (Å²) in [6, 6.07) is 0. The van der Waals surface area contributed by atoms with E-state index >= 15 is 0 Å². The molecule has 0 nitrogen and oxygen atoms in total. The van der Waals surface area contributed by atoms with Gasteiger partial charge in [-0.2, -0.15) is 0 Å². The van der Waals surface area contributed by atoms with Crippen molar-refractivity contribution in [2.75, 3.05) is 0 Å². The Kier molecular flexibility index (Phi) is 7.99. The van der Waals surface area contributed by atoms with Gasteiger partial charge in [-0.15, -0.1) is 0 Å². The summed E-state index contributed by atoms with van der Waals surface area (Å²) in [7, 11) is 0. The summed E-state index contributed by atoms with van der Waals surface area (Å²) in [6.45, 7) is 9.91. The molecule has 1 aliphatic rings. The average Bonchev–Trinajstić information content (AvgIpc) is 2.88. The summed E-state index contributed by atoms with van der Waals surface area (Å²) in [6.07, 6.45) is 6.21. The van der Waals surface area contributed by atoms with Crippen LogP contribution < -0.4 is 0 Å². The van der Waals surface area contributed by atoms with Crippen molar-refractivity contribution in [3.63, 3.8) is 0 Å². The molecule has 0 amide bonds. The first-order valence-corrected chi connectivity index (χ1v) is 20.5. The Bertz CT molecular complexity index is 207. The topological polar surface area (TPSA) is 0 Å². The van der Waals surface area contributed by atoms with Crippen LogP contribution in [0.2, 0.25) is 42.0 Å². The molecule has 1 saturated heterocycles. The van der Waals surface area contributed by atoms with Crippen LogP contribution in [-0.4, -0.2) is 26.5 Å². The molecular formula is C16H36Ge2. The molecule has 1 fully saturated rings. The van der Waals surface area contributed by atoms with Crippen LogP contribution >= 0.6 is 0 Å². The first kappa shape index (κ1) is 17.1. The van der Waals surface area contributed by atoms with E-state index in [1.807, 2.05) is 0 Å². The predicted molar refractivity (Wildman–Crippen MR) is 91.1 cm³/mol. The van der Waals surface area contributed by atoms with E-state index < -0.39 is 26.5 Å². The summed E-state index contributed by atoms with van der Waals surface area (Å²) in [5.74, 6) is 0. The van der Waals surface area contributed by atoms with Gasteiger partial charge < -0.3 is 0 Å². The number of rotatable bonds is 9. The molecule has 0 unspecified atom stereocenters. The van der Waals surface area contributed by atoms with Gasteiger partial charge in [0.1, 0.15) is 0 Å². The fourth-order valence-corrected chi connectivity index (χ4v) is 32.9. The molecule has 0 aromatic rings. The van der Waals surface area contributed by atoms with Gasteiger partial charge in [-0.3, -0.25) is 0 Å². The van der Waals surface area contributed by atoms with Crippen molar-refractivity contribution in [1.29, 1.82) is 0 Å². The Morgan fingerprint density at radius 2 is 1.39 bits per heavy atom. The van der Waals surface area contributed by atoms with Crippen molar-refractivity contribution in [1.82, 2.24) is 0 Å². The molecule has 0 aromatic carbocycles. The van der Waals surface area contributed by atoms with Gasteiger partial charge in [-0.05, 0) is 0 Å². The molecule has 1 heterocycles. The van der Waals surface area contributed by atoms with Gasteiger partial charge in [0.15, 0.2) is 0 Å². The predicted octanol–water partition coefficient (Wildman–Crippen LogP) is 6.54. The van der Waals surface area contributed by atoms with E-state index in [9.17, 15) is 0 Å². The number of hydrogen-bond acceptors (Lipinski definition) is 0. The van der Waals surface area contributed by atoms with Gasteiger partial charge in [0.25, 0.3) is 0 Å². The van der Waals surface area contributed by atoms with Crippen molar-refractivity contribution in [2.24, 2.45) is 0 Å². The van der Waals surface area contributed by atoms with Crippen LogP contribution in [0, 0.1) is 0 Å². The number of unbranched alkanes of at least 4 members (excludes halogenated alkanes) is 1. The average molecular weight is 374 g/mol. The minimum absolute atomic E-state index is 1.31. The van der Waals surface area contributed by atoms with Crippen molar-refractivity contribution in [3.8, 4) is 0 Å². The third-order valence-electron chi connectivity index (χ3n) is 6.16. The number of hydrogen-bond donors (Lipinski definition) is 0. The standard InChI is InChI=1S/C16H36Ge2/c1-5-9-12-18(13-10-11-14-18)16-15-17(6-2,7-3)8-4/h5-16H2,1-4H3. The van der Waals surface area contributed by atoms with Crippen LogP contribution in [-0.2, 0) is 0 Å². The second-order valence-electron chi connectivity index (χ2n) is 6.87. The van der Waals surface area contributed by atoms with Gasteiger partial charge in [-0.1, -0.05) is 0 Å². The molecule has 0 N–H and O–H groups in total. The summed E-state index contributed by atoms with van der Waals surface area (Å²) in [5.41, 5.74) is 0. The molecule has 0 aromatic heterocycles. The van der Waals surface area contributed by atoms with Crippen LogP contribution in [0.4, 0.5) is 0 Å². The fraction of sp³-hybridized carbons (Fsp3) is 1.00. The molecule has 1 aliphatic heterocycles. The zero-order valence-electron chi connectivity index (χ0n) is 13.5. The Hall–Kier alpha value is 1.09. The van der Waals surface area contributed by atoms with Crippen molar-refractivity contribution in [2.45, 2.75) is 95.4 Å². The maximum atomic E-state index is 2.51. The summed E-state index contributed by atoms with van der Waals surface area (Å²) in [4.78, 5) is 0. The van der Waals surface area contributed by atoms with E-state index in [1.165, 1.54) is 6.42 Å². The Labute approximate surface area is 121 Å². The van der Waals surface area contributed by atoms with E-state index in [0.717, 1.165) is 0 Å². The van der Waals surface area contributed by atoms with E-state index in [-0.39, 0.29) is 0 Å². The van der Waals surface area contributed by atoms with Crippen LogP contribution in [0.3, 0.4) is 0 Å². The van der Waals surface area contributed by atoms with Crippen LogP contribution in [0.1, 0.15) is 53.4 Å². The van der Waals surface area contributed by atoms with E-state index in [1.54, 1.807) is 61.3 Å². The molecule has 0 bridgehead atoms. The summed E-state index contributed by atoms with van der Waals surface area (Å²) in [5, 5.41) is 13.6. The fourth-order valence-electron chi connectivity index (χ4n) is 4.11. The first-order chi connectivity index (χ1) is 8.66. The summed E-state index contributed by atoms with van der Waals surface area (Å²) < 4.78 is 0. The first-order valence-electron chi connectivity index (χ1n) is 8.66. The third kappa shape index (κ3) is 4.58. The van der Waals surface area contributed by atoms with Gasteiger partial charge in [0.2, 0.25) is 0 Å². The molecule has 108 valence electrons. The zero-order chi connectivity index (χ0) is 13.5. The Morgan fingerprint density at radius 1 is 0.833 bits per heavy atom. The second kappa shape index (κ2) is 8.39. The SMILES string of the molecule is CCC[CH2][Ge]1([CH2][CH2][Ge]([CH2]C)([CH2]C)[CH2]C)[CH2]CC[CH2]1. The van der Waals surface area contributed by atoms with Crippen molar-refractivity contribution in [3.05, 3.63) is 0 Å². The normalized spacial score (nSPS) is 19.3. The van der Waals surface area contributed by atoms with Crippen LogP contribution in [0.15, 0.2) is 0 Å². The quantitative estimate of drug-likeness (QED) is 0.403. The molecule has 0 saturated carbocycles.